The van der Waals surface area contributed by atoms with Gasteiger partial charge in [-0.1, -0.05) is 176 Å². The minimum atomic E-state index is -0.0109. The molecule has 0 aliphatic heterocycles. The summed E-state index contributed by atoms with van der Waals surface area (Å²) in [5.41, 5.74) is 0. The molecule has 0 aromatic rings. The molecule has 0 bridgehead atoms. The minimum absolute atomic E-state index is 0.0109. The topological polar surface area (TPSA) is 76.2 Å². The molecule has 0 rings (SSSR count). The molecule has 7 heteroatoms. The molecule has 2 atom stereocenters. The smallest absolute Gasteiger partial charge is 0.305 e. The van der Waals surface area contributed by atoms with E-state index in [0.29, 0.717) is 50.4 Å². The highest BCUT2D eigenvalue weighted by molar-refractivity contribution is 5.75. The molecule has 0 fully saturated rings. The van der Waals surface area contributed by atoms with Crippen LogP contribution in [0.2, 0.25) is 0 Å². The maximum atomic E-state index is 12.3. The zero-order valence-corrected chi connectivity index (χ0v) is 40.0. The summed E-state index contributed by atoms with van der Waals surface area (Å²) in [4.78, 5) is 41.5. The fourth-order valence-corrected chi connectivity index (χ4v) is 8.15. The van der Waals surface area contributed by atoms with E-state index in [4.69, 9.17) is 9.47 Å². The zero-order valence-electron chi connectivity index (χ0n) is 40.0. The maximum absolute atomic E-state index is 12.3. The van der Waals surface area contributed by atoms with Crippen molar-refractivity contribution in [1.29, 1.82) is 0 Å². The average molecular weight is 821 g/mol. The zero-order chi connectivity index (χ0) is 42.9. The number of amides is 1. The Hall–Kier alpha value is -1.63. The molecule has 58 heavy (non-hydrogen) atoms. The van der Waals surface area contributed by atoms with Gasteiger partial charge < -0.3 is 19.3 Å². The fraction of sp³-hybridized carbons (Fsp3) is 0.941. The number of unbranched alkanes of at least 4 members (excludes halogenated alkanes) is 19. The van der Waals surface area contributed by atoms with Crippen LogP contribution in [0.15, 0.2) is 0 Å². The molecule has 0 saturated heterocycles. The van der Waals surface area contributed by atoms with Crippen LogP contribution in [0.1, 0.15) is 253 Å². The first-order valence-corrected chi connectivity index (χ1v) is 25.5. The van der Waals surface area contributed by atoms with Gasteiger partial charge in [0.15, 0.2) is 0 Å². The van der Waals surface area contributed by atoms with Crippen LogP contribution in [0.25, 0.3) is 0 Å². The van der Waals surface area contributed by atoms with Crippen LogP contribution in [0.4, 0.5) is 0 Å². The van der Waals surface area contributed by atoms with Gasteiger partial charge in [0.25, 0.3) is 0 Å². The van der Waals surface area contributed by atoms with Crippen molar-refractivity contribution in [3.05, 3.63) is 0 Å². The molecule has 0 saturated carbocycles. The summed E-state index contributed by atoms with van der Waals surface area (Å²) in [5, 5.41) is 0. The lowest BCUT2D eigenvalue weighted by molar-refractivity contribution is -0.146. The van der Waals surface area contributed by atoms with Gasteiger partial charge in [0.2, 0.25) is 5.91 Å². The first-order chi connectivity index (χ1) is 28.2. The normalized spacial score (nSPS) is 13.1. The van der Waals surface area contributed by atoms with Gasteiger partial charge in [-0.3, -0.25) is 14.4 Å². The van der Waals surface area contributed by atoms with E-state index in [-0.39, 0.29) is 17.8 Å². The fourth-order valence-electron chi connectivity index (χ4n) is 8.15. The van der Waals surface area contributed by atoms with Crippen molar-refractivity contribution in [3.63, 3.8) is 0 Å². The molecule has 0 spiro atoms. The Morgan fingerprint density at radius 3 is 1.19 bits per heavy atom. The van der Waals surface area contributed by atoms with Gasteiger partial charge in [0, 0.05) is 39.4 Å². The van der Waals surface area contributed by atoms with Crippen molar-refractivity contribution >= 4 is 17.8 Å². The standard InChI is InChI=1S/C51H100N2O5/c1-8-13-16-17-22-27-33-42-53(43-34-32-39-49(54)52(6)7)48(37-28-23-18-20-25-30-40-50(55)57-44-46(11-4)35-14-9-2)38-29-24-19-21-26-31-41-51(56)58-45-47(12-5)36-15-10-3/h46-48H,8-45H2,1-7H3. The molecule has 344 valence electrons. The number of hydrogen-bond donors (Lipinski definition) is 0. The Labute approximate surface area is 361 Å². The lowest BCUT2D eigenvalue weighted by Gasteiger charge is -2.32. The second kappa shape index (κ2) is 42.1. The average Bonchev–Trinajstić information content (AvgIpc) is 3.22. The van der Waals surface area contributed by atoms with E-state index in [1.807, 2.05) is 14.1 Å². The van der Waals surface area contributed by atoms with Crippen molar-refractivity contribution in [2.45, 2.75) is 259 Å². The molecular formula is C51H100N2O5. The van der Waals surface area contributed by atoms with Gasteiger partial charge in [-0.2, -0.15) is 0 Å². The summed E-state index contributed by atoms with van der Waals surface area (Å²) in [6.45, 7) is 14.6. The summed E-state index contributed by atoms with van der Waals surface area (Å²) < 4.78 is 11.2. The van der Waals surface area contributed by atoms with E-state index in [9.17, 15) is 14.4 Å². The highest BCUT2D eigenvalue weighted by Gasteiger charge is 2.19. The molecule has 0 aromatic heterocycles. The summed E-state index contributed by atoms with van der Waals surface area (Å²) in [5.74, 6) is 1.24. The molecule has 1 amide bonds. The molecule has 0 radical (unpaired) electrons. The first kappa shape index (κ1) is 56.4. The number of carbonyl (C=O) groups is 3. The quantitative estimate of drug-likeness (QED) is 0.0450. The van der Waals surface area contributed by atoms with E-state index < -0.39 is 0 Å². The third-order valence-electron chi connectivity index (χ3n) is 12.5. The molecular weight excluding hydrogens is 721 g/mol. The lowest BCUT2D eigenvalue weighted by Crippen LogP contribution is -2.37. The third kappa shape index (κ3) is 35.2. The van der Waals surface area contributed by atoms with E-state index in [0.717, 1.165) is 70.8 Å². The second-order valence-corrected chi connectivity index (χ2v) is 18.1. The van der Waals surface area contributed by atoms with Crippen molar-refractivity contribution in [1.82, 2.24) is 9.80 Å². The van der Waals surface area contributed by atoms with Crippen molar-refractivity contribution < 1.29 is 23.9 Å². The highest BCUT2D eigenvalue weighted by Crippen LogP contribution is 2.22. The molecule has 0 aromatic carbocycles. The van der Waals surface area contributed by atoms with Gasteiger partial charge in [-0.05, 0) is 82.7 Å². The van der Waals surface area contributed by atoms with Crippen LogP contribution in [0.3, 0.4) is 0 Å². The van der Waals surface area contributed by atoms with Crippen LogP contribution in [0, 0.1) is 11.8 Å². The monoisotopic (exact) mass is 821 g/mol. The van der Waals surface area contributed by atoms with E-state index in [1.165, 1.54) is 141 Å². The van der Waals surface area contributed by atoms with Gasteiger partial charge >= 0.3 is 11.9 Å². The summed E-state index contributed by atoms with van der Waals surface area (Å²) >= 11 is 0. The van der Waals surface area contributed by atoms with Crippen molar-refractivity contribution in [3.8, 4) is 0 Å². The molecule has 2 unspecified atom stereocenters. The third-order valence-corrected chi connectivity index (χ3v) is 12.5. The predicted octanol–water partition coefficient (Wildman–Crippen LogP) is 14.4. The number of esters is 2. The number of rotatable bonds is 44. The Morgan fingerprint density at radius 2 is 0.776 bits per heavy atom. The number of ether oxygens (including phenoxy) is 2. The number of hydrogen-bond acceptors (Lipinski definition) is 6. The van der Waals surface area contributed by atoms with Gasteiger partial charge in [0.1, 0.15) is 0 Å². The highest BCUT2D eigenvalue weighted by atomic mass is 16.5. The predicted molar refractivity (Wildman–Crippen MR) is 248 cm³/mol. The second-order valence-electron chi connectivity index (χ2n) is 18.1. The number of carbonyl (C=O) groups excluding carboxylic acids is 3. The molecule has 0 heterocycles. The van der Waals surface area contributed by atoms with Crippen LogP contribution in [-0.4, -0.2) is 74.1 Å². The van der Waals surface area contributed by atoms with Crippen LogP contribution in [-0.2, 0) is 23.9 Å². The SMILES string of the molecule is CCCCCCCCCN(CCCCC(=O)N(C)C)C(CCCCCCCCC(=O)OCC(CC)CCCC)CCCCCCCCC(=O)OCC(CC)CCCC. The Bertz CT molecular complexity index is 879. The largest absolute Gasteiger partial charge is 0.465 e. The van der Waals surface area contributed by atoms with Gasteiger partial charge in [-0.15, -0.1) is 0 Å². The van der Waals surface area contributed by atoms with Crippen molar-refractivity contribution in [2.24, 2.45) is 11.8 Å². The van der Waals surface area contributed by atoms with Crippen LogP contribution < -0.4 is 0 Å². The van der Waals surface area contributed by atoms with E-state index in [2.05, 4.69) is 39.5 Å². The Kier molecular flexibility index (Phi) is 40.9. The van der Waals surface area contributed by atoms with Crippen LogP contribution in [0.5, 0.6) is 0 Å². The molecule has 0 N–H and O–H groups in total. The first-order valence-electron chi connectivity index (χ1n) is 25.5. The Morgan fingerprint density at radius 1 is 0.414 bits per heavy atom. The molecule has 0 aliphatic rings. The van der Waals surface area contributed by atoms with Gasteiger partial charge in [-0.25, -0.2) is 0 Å². The van der Waals surface area contributed by atoms with E-state index >= 15 is 0 Å². The van der Waals surface area contributed by atoms with Crippen LogP contribution >= 0.6 is 0 Å². The molecule has 7 nitrogen and oxygen atoms in total. The summed E-state index contributed by atoms with van der Waals surface area (Å²) in [6.07, 6.45) is 39.1. The summed E-state index contributed by atoms with van der Waals surface area (Å²) in [6, 6.07) is 0.614. The Balaban J connectivity index is 4.94. The van der Waals surface area contributed by atoms with Gasteiger partial charge in [0.05, 0.1) is 13.2 Å². The minimum Gasteiger partial charge on any atom is -0.465 e. The van der Waals surface area contributed by atoms with Crippen molar-refractivity contribution in [2.75, 3.05) is 40.4 Å². The van der Waals surface area contributed by atoms with E-state index in [1.54, 1.807) is 4.90 Å². The summed E-state index contributed by atoms with van der Waals surface area (Å²) in [7, 11) is 3.73. The molecule has 0 aliphatic carbocycles. The lowest BCUT2D eigenvalue weighted by atomic mass is 9.97. The maximum Gasteiger partial charge on any atom is 0.305 e. The number of nitrogens with zero attached hydrogens (tertiary/aromatic N) is 2.